The average molecular weight is 242 g/mol. The maximum Gasteiger partial charge on any atom is 0.160 e. The van der Waals surface area contributed by atoms with Gasteiger partial charge in [0.1, 0.15) is 10.8 Å². The predicted octanol–water partition coefficient (Wildman–Crippen LogP) is 3.67. The van der Waals surface area contributed by atoms with Crippen LogP contribution in [0, 0.1) is 23.5 Å². The van der Waals surface area contributed by atoms with Crippen molar-refractivity contribution in [1.82, 2.24) is 0 Å². The van der Waals surface area contributed by atoms with E-state index in [1.165, 1.54) is 6.07 Å². The minimum absolute atomic E-state index is 0.0207. The van der Waals surface area contributed by atoms with Crippen LogP contribution in [-0.2, 0) is 0 Å². The highest BCUT2D eigenvalue weighted by molar-refractivity contribution is 6.31. The lowest BCUT2D eigenvalue weighted by Crippen LogP contribution is -1.88. The van der Waals surface area contributed by atoms with E-state index in [1.807, 2.05) is 0 Å². The third-order valence-corrected chi connectivity index (χ3v) is 2.00. The van der Waals surface area contributed by atoms with Crippen LogP contribution in [-0.4, -0.2) is 6.54 Å². The van der Waals surface area contributed by atoms with Gasteiger partial charge >= 0.3 is 0 Å². The molecule has 0 heterocycles. The zero-order valence-corrected chi connectivity index (χ0v) is 8.80. The highest BCUT2D eigenvalue weighted by Crippen LogP contribution is 2.21. The topological polar surface area (TPSA) is 48.8 Å². The summed E-state index contributed by atoms with van der Waals surface area (Å²) in [6.07, 6.45) is 0.304. The van der Waals surface area contributed by atoms with E-state index in [0.717, 1.165) is 6.07 Å². The molecule has 0 spiro atoms. The predicted molar refractivity (Wildman–Crippen MR) is 56.9 cm³/mol. The van der Waals surface area contributed by atoms with Crippen LogP contribution in [0.15, 0.2) is 17.2 Å². The lowest BCUT2D eigenvalue weighted by atomic mass is 10.2. The molecule has 0 aromatic heterocycles. The van der Waals surface area contributed by atoms with Gasteiger partial charge in [-0.1, -0.05) is 28.6 Å². The fourth-order valence-corrected chi connectivity index (χ4v) is 1.10. The van der Waals surface area contributed by atoms with Crippen molar-refractivity contribution in [3.05, 3.63) is 44.8 Å². The molecule has 0 N–H and O–H groups in total. The third kappa shape index (κ3) is 3.13. The largest absolute Gasteiger partial charge is 0.205 e. The Balaban J connectivity index is 2.81. The Morgan fingerprint density at radius 2 is 2.19 bits per heavy atom. The monoisotopic (exact) mass is 241 g/mol. The van der Waals surface area contributed by atoms with Crippen LogP contribution in [0.2, 0.25) is 5.02 Å². The number of rotatable bonds is 2. The highest BCUT2D eigenvalue weighted by atomic mass is 35.5. The van der Waals surface area contributed by atoms with E-state index < -0.39 is 16.7 Å². The molecule has 0 saturated heterocycles. The van der Waals surface area contributed by atoms with Crippen LogP contribution < -0.4 is 0 Å². The van der Waals surface area contributed by atoms with Gasteiger partial charge in [0.05, 0.1) is 5.56 Å². The SMILES string of the molecule is [N-]=[N+]=NCCC#Cc1ccc(F)c(Cl)c1F. The van der Waals surface area contributed by atoms with Gasteiger partial charge in [-0.25, -0.2) is 8.78 Å². The molecule has 0 unspecified atom stereocenters. The summed E-state index contributed by atoms with van der Waals surface area (Å²) in [6, 6.07) is 2.25. The first-order valence-electron chi connectivity index (χ1n) is 4.30. The minimum Gasteiger partial charge on any atom is -0.205 e. The first-order chi connectivity index (χ1) is 7.66. The molecule has 1 aromatic carbocycles. The molecule has 0 amide bonds. The van der Waals surface area contributed by atoms with Gasteiger partial charge in [-0.3, -0.25) is 0 Å². The molecule has 3 nitrogen and oxygen atoms in total. The van der Waals surface area contributed by atoms with Gasteiger partial charge in [-0.15, -0.1) is 0 Å². The fraction of sp³-hybridized carbons (Fsp3) is 0.200. The average Bonchev–Trinajstić information content (AvgIpc) is 2.28. The molecule has 0 fully saturated rings. The van der Waals surface area contributed by atoms with Crippen molar-refractivity contribution in [2.75, 3.05) is 6.54 Å². The van der Waals surface area contributed by atoms with Gasteiger partial charge in [0.15, 0.2) is 5.82 Å². The van der Waals surface area contributed by atoms with Crippen molar-refractivity contribution in [1.29, 1.82) is 0 Å². The van der Waals surface area contributed by atoms with E-state index in [1.54, 1.807) is 0 Å². The Kier molecular flexibility index (Phi) is 4.59. The standard InChI is InChI=1S/C10H6ClF2N3/c11-9-8(12)5-4-7(10(9)13)3-1-2-6-15-16-14/h4-5H,2,6H2. The maximum atomic E-state index is 13.3. The Hall–Kier alpha value is -1.76. The molecule has 16 heavy (non-hydrogen) atoms. The number of halogens is 3. The van der Waals surface area contributed by atoms with Gasteiger partial charge < -0.3 is 0 Å². The second kappa shape index (κ2) is 5.96. The van der Waals surface area contributed by atoms with Crippen LogP contribution in [0.25, 0.3) is 10.4 Å². The summed E-state index contributed by atoms with van der Waals surface area (Å²) in [5.74, 6) is 3.37. The first-order valence-corrected chi connectivity index (χ1v) is 4.68. The Bertz CT molecular complexity index is 499. The molecule has 1 aromatic rings. The summed E-state index contributed by atoms with van der Waals surface area (Å²) in [5, 5.41) is 2.69. The van der Waals surface area contributed by atoms with Crippen molar-refractivity contribution in [3.8, 4) is 11.8 Å². The van der Waals surface area contributed by atoms with Gasteiger partial charge in [0.2, 0.25) is 0 Å². The molecule has 0 bridgehead atoms. The molecule has 0 saturated carbocycles. The van der Waals surface area contributed by atoms with E-state index in [0.29, 0.717) is 6.42 Å². The smallest absolute Gasteiger partial charge is 0.160 e. The number of azide groups is 1. The Morgan fingerprint density at radius 3 is 2.88 bits per heavy atom. The first kappa shape index (κ1) is 12.3. The van der Waals surface area contributed by atoms with Gasteiger partial charge in [0, 0.05) is 17.9 Å². The third-order valence-electron chi connectivity index (χ3n) is 1.66. The lowest BCUT2D eigenvalue weighted by molar-refractivity contribution is 0.582. The van der Waals surface area contributed by atoms with Crippen molar-refractivity contribution >= 4 is 11.6 Å². The van der Waals surface area contributed by atoms with Crippen molar-refractivity contribution < 1.29 is 8.78 Å². The van der Waals surface area contributed by atoms with Crippen LogP contribution in [0.4, 0.5) is 8.78 Å². The number of hydrogen-bond acceptors (Lipinski definition) is 1. The summed E-state index contributed by atoms with van der Waals surface area (Å²) < 4.78 is 26.1. The van der Waals surface area contributed by atoms with E-state index >= 15 is 0 Å². The molecule has 1 rings (SSSR count). The van der Waals surface area contributed by atoms with Crippen molar-refractivity contribution in [2.24, 2.45) is 5.11 Å². The molecule has 0 atom stereocenters. The summed E-state index contributed by atoms with van der Waals surface area (Å²) >= 11 is 5.36. The summed E-state index contributed by atoms with van der Waals surface area (Å²) in [5.41, 5.74) is 8.01. The number of hydrogen-bond donors (Lipinski definition) is 0. The van der Waals surface area contributed by atoms with Crippen LogP contribution in [0.1, 0.15) is 12.0 Å². The normalized spacial score (nSPS) is 8.94. The Labute approximate surface area is 95.7 Å². The quantitative estimate of drug-likeness (QED) is 0.189. The number of benzene rings is 1. The van der Waals surface area contributed by atoms with Gasteiger partial charge in [-0.05, 0) is 17.7 Å². The van der Waals surface area contributed by atoms with E-state index in [2.05, 4.69) is 21.9 Å². The van der Waals surface area contributed by atoms with Crippen molar-refractivity contribution in [2.45, 2.75) is 6.42 Å². The molecular formula is C10H6ClF2N3. The molecule has 82 valence electrons. The second-order valence-electron chi connectivity index (χ2n) is 2.73. The highest BCUT2D eigenvalue weighted by Gasteiger charge is 2.09. The van der Waals surface area contributed by atoms with Crippen LogP contribution in [0.3, 0.4) is 0 Å². The molecule has 0 aliphatic heterocycles. The zero-order valence-electron chi connectivity index (χ0n) is 8.04. The summed E-state index contributed by atoms with van der Waals surface area (Å²) in [6.45, 7) is 0.208. The summed E-state index contributed by atoms with van der Waals surface area (Å²) in [7, 11) is 0. The van der Waals surface area contributed by atoms with E-state index in [4.69, 9.17) is 17.1 Å². The number of nitrogens with zero attached hydrogens (tertiary/aromatic N) is 3. The molecule has 0 radical (unpaired) electrons. The van der Waals surface area contributed by atoms with Crippen molar-refractivity contribution in [3.63, 3.8) is 0 Å². The van der Waals surface area contributed by atoms with E-state index in [9.17, 15) is 8.78 Å². The van der Waals surface area contributed by atoms with E-state index in [-0.39, 0.29) is 12.1 Å². The van der Waals surface area contributed by atoms with Crippen LogP contribution >= 0.6 is 11.6 Å². The second-order valence-corrected chi connectivity index (χ2v) is 3.11. The minimum atomic E-state index is -0.877. The lowest BCUT2D eigenvalue weighted by Gasteiger charge is -1.97. The molecular weight excluding hydrogens is 236 g/mol. The molecule has 0 aliphatic rings. The fourth-order valence-electron chi connectivity index (χ4n) is 0.931. The van der Waals surface area contributed by atoms with Gasteiger partial charge in [-0.2, -0.15) is 0 Å². The van der Waals surface area contributed by atoms with Crippen LogP contribution in [0.5, 0.6) is 0 Å². The molecule has 6 heteroatoms. The summed E-state index contributed by atoms with van der Waals surface area (Å²) in [4.78, 5) is 2.54. The zero-order chi connectivity index (χ0) is 12.0. The maximum absolute atomic E-state index is 13.3. The Morgan fingerprint density at radius 1 is 1.44 bits per heavy atom. The molecule has 0 aliphatic carbocycles. The van der Waals surface area contributed by atoms with Gasteiger partial charge in [0.25, 0.3) is 0 Å².